The number of nitrogens with zero attached hydrogens (tertiary/aromatic N) is 3. The molecule has 0 saturated heterocycles. The van der Waals surface area contributed by atoms with Gasteiger partial charge >= 0.3 is 0 Å². The van der Waals surface area contributed by atoms with Crippen LogP contribution in [0.5, 0.6) is 0 Å². The Morgan fingerprint density at radius 1 is 1.15 bits per heavy atom. The largest absolute Gasteiger partial charge is 0.363 e. The van der Waals surface area contributed by atoms with Crippen molar-refractivity contribution in [2.75, 3.05) is 11.1 Å². The van der Waals surface area contributed by atoms with Crippen LogP contribution in [0.15, 0.2) is 49.8 Å². The van der Waals surface area contributed by atoms with Crippen molar-refractivity contribution in [1.82, 2.24) is 15.4 Å². The van der Waals surface area contributed by atoms with Crippen molar-refractivity contribution in [2.24, 2.45) is 0 Å². The third-order valence-electron chi connectivity index (χ3n) is 3.43. The Balaban J connectivity index is 1.44. The molecule has 0 radical (unpaired) electrons. The number of nitrogens with one attached hydrogen (secondary N) is 1. The van der Waals surface area contributed by atoms with Crippen molar-refractivity contribution in [2.45, 2.75) is 34.2 Å². The van der Waals surface area contributed by atoms with Crippen LogP contribution in [0.4, 0.5) is 5.82 Å². The summed E-state index contributed by atoms with van der Waals surface area (Å²) in [6.45, 7) is 4.38. The number of thioether (sulfide) groups is 2. The summed E-state index contributed by atoms with van der Waals surface area (Å²) in [5.74, 6) is 1.90. The highest BCUT2D eigenvalue weighted by atomic mass is 32.2. The average molecular weight is 407 g/mol. The van der Waals surface area contributed by atoms with E-state index in [1.165, 1.54) is 40.5 Å². The zero-order valence-electron chi connectivity index (χ0n) is 14.3. The van der Waals surface area contributed by atoms with E-state index in [1.807, 2.05) is 0 Å². The predicted molar refractivity (Wildman–Crippen MR) is 106 cm³/mol. The molecule has 9 heteroatoms. The molecule has 0 unspecified atom stereocenters. The van der Waals surface area contributed by atoms with Gasteiger partial charge < -0.3 is 9.84 Å². The Morgan fingerprint density at radius 2 is 1.88 bits per heavy atom. The maximum atomic E-state index is 11.8. The highest BCUT2D eigenvalue weighted by molar-refractivity contribution is 8.03. The lowest BCUT2D eigenvalue weighted by atomic mass is 10.0. The summed E-state index contributed by atoms with van der Waals surface area (Å²) in [5.41, 5.74) is 2.60. The quantitative estimate of drug-likeness (QED) is 0.544. The van der Waals surface area contributed by atoms with Gasteiger partial charge in [0.15, 0.2) is 14.5 Å². The first-order chi connectivity index (χ1) is 12.6. The van der Waals surface area contributed by atoms with E-state index in [0.29, 0.717) is 11.7 Å². The van der Waals surface area contributed by atoms with Gasteiger partial charge in [-0.15, -0.1) is 10.2 Å². The molecule has 1 amide bonds. The molecule has 136 valence electrons. The van der Waals surface area contributed by atoms with Gasteiger partial charge in [0, 0.05) is 11.8 Å². The van der Waals surface area contributed by atoms with Gasteiger partial charge in [-0.2, -0.15) is 0 Å². The maximum absolute atomic E-state index is 11.8. The van der Waals surface area contributed by atoms with E-state index in [4.69, 9.17) is 0 Å². The number of carbonyl (C=O) groups is 1. The van der Waals surface area contributed by atoms with Gasteiger partial charge in [-0.3, -0.25) is 4.79 Å². The van der Waals surface area contributed by atoms with E-state index < -0.39 is 0 Å². The van der Waals surface area contributed by atoms with E-state index >= 15 is 0 Å². The fraction of sp³-hybridized carbons (Fsp3) is 0.294. The molecular formula is C17H18N4O2S3. The second-order valence-corrected chi connectivity index (χ2v) is 9.16. The van der Waals surface area contributed by atoms with Crippen molar-refractivity contribution in [1.29, 1.82) is 0 Å². The summed E-state index contributed by atoms with van der Waals surface area (Å²) in [5, 5.41) is 14.6. The number of hydrogen-bond donors (Lipinski definition) is 1. The van der Waals surface area contributed by atoms with Crippen molar-refractivity contribution in [3.63, 3.8) is 0 Å². The zero-order chi connectivity index (χ0) is 18.4. The Bertz CT molecular complexity index is 832. The Kier molecular flexibility index (Phi) is 6.70. The molecule has 0 aliphatic rings. The van der Waals surface area contributed by atoms with Crippen LogP contribution in [-0.2, 0) is 10.5 Å². The molecule has 0 atom stereocenters. The number of benzene rings is 1. The average Bonchev–Trinajstić information content (AvgIpc) is 3.30. The van der Waals surface area contributed by atoms with Crippen LogP contribution in [-0.4, -0.2) is 27.0 Å². The third-order valence-corrected chi connectivity index (χ3v) is 6.69. The molecule has 0 fully saturated rings. The number of anilines is 1. The van der Waals surface area contributed by atoms with Gasteiger partial charge in [0.05, 0.1) is 5.75 Å². The third kappa shape index (κ3) is 5.58. The van der Waals surface area contributed by atoms with Gasteiger partial charge in [0.1, 0.15) is 6.26 Å². The van der Waals surface area contributed by atoms with Gasteiger partial charge in [-0.05, 0) is 17.0 Å². The summed E-state index contributed by atoms with van der Waals surface area (Å²) >= 11 is 4.51. The molecule has 6 nitrogen and oxygen atoms in total. The monoisotopic (exact) mass is 406 g/mol. The van der Waals surface area contributed by atoms with Crippen LogP contribution in [0.25, 0.3) is 0 Å². The maximum Gasteiger partial charge on any atom is 0.236 e. The summed E-state index contributed by atoms with van der Waals surface area (Å²) in [7, 11) is 0. The summed E-state index contributed by atoms with van der Waals surface area (Å²) in [6, 6.07) is 10.3. The standard InChI is InChI=1S/C17H18N4O2S3/c1-11(2)13-5-3-12(4-6-13)9-24-16-19-20-17(26-16)25-10-15(22)18-14-7-8-23-21-14/h3-8,11H,9-10H2,1-2H3,(H,18,21,22). The molecule has 3 aromatic rings. The summed E-state index contributed by atoms with van der Waals surface area (Å²) in [4.78, 5) is 11.8. The SMILES string of the molecule is CC(C)c1ccc(CSc2nnc(SCC(=O)Nc3ccon3)s2)cc1. The van der Waals surface area contributed by atoms with Gasteiger partial charge in [-0.1, -0.05) is 78.1 Å². The molecular weight excluding hydrogens is 388 g/mol. The number of aromatic nitrogens is 3. The number of carbonyl (C=O) groups excluding carboxylic acids is 1. The van der Waals surface area contributed by atoms with E-state index in [2.05, 4.69) is 63.3 Å². The van der Waals surface area contributed by atoms with Crippen molar-refractivity contribution in [3.8, 4) is 0 Å². The smallest absolute Gasteiger partial charge is 0.236 e. The normalized spacial score (nSPS) is 11.0. The first kappa shape index (κ1) is 18.9. The van der Waals surface area contributed by atoms with Crippen LogP contribution in [0, 0.1) is 0 Å². The summed E-state index contributed by atoms with van der Waals surface area (Å²) in [6.07, 6.45) is 1.41. The van der Waals surface area contributed by atoms with Crippen LogP contribution in [0.1, 0.15) is 30.9 Å². The van der Waals surface area contributed by atoms with Crippen molar-refractivity contribution >= 4 is 46.6 Å². The lowest BCUT2D eigenvalue weighted by Crippen LogP contribution is -2.14. The van der Waals surface area contributed by atoms with Gasteiger partial charge in [0.2, 0.25) is 5.91 Å². The molecule has 26 heavy (non-hydrogen) atoms. The topological polar surface area (TPSA) is 80.9 Å². The van der Waals surface area contributed by atoms with Gasteiger partial charge in [-0.25, -0.2) is 0 Å². The molecule has 2 heterocycles. The first-order valence-corrected chi connectivity index (χ1v) is 10.8. The predicted octanol–water partition coefficient (Wildman–Crippen LogP) is 4.67. The molecule has 0 aliphatic heterocycles. The minimum Gasteiger partial charge on any atom is -0.363 e. The second kappa shape index (κ2) is 9.20. The lowest BCUT2D eigenvalue weighted by Gasteiger charge is -2.05. The fourth-order valence-corrected chi connectivity index (χ4v) is 4.82. The molecule has 1 N–H and O–H groups in total. The van der Waals surface area contributed by atoms with Crippen molar-refractivity contribution < 1.29 is 9.32 Å². The summed E-state index contributed by atoms with van der Waals surface area (Å²) < 4.78 is 6.34. The highest BCUT2D eigenvalue weighted by Crippen LogP contribution is 2.31. The molecule has 0 bridgehead atoms. The molecule has 2 aromatic heterocycles. The van der Waals surface area contributed by atoms with Gasteiger partial charge in [0.25, 0.3) is 0 Å². The molecule has 0 spiro atoms. The Labute approximate surface area is 164 Å². The van der Waals surface area contributed by atoms with E-state index in [-0.39, 0.29) is 11.7 Å². The van der Waals surface area contributed by atoms with E-state index in [1.54, 1.807) is 17.8 Å². The first-order valence-electron chi connectivity index (χ1n) is 7.98. The van der Waals surface area contributed by atoms with Crippen LogP contribution >= 0.6 is 34.9 Å². The molecule has 0 aliphatic carbocycles. The fourth-order valence-electron chi connectivity index (χ4n) is 2.04. The van der Waals surface area contributed by atoms with E-state index in [9.17, 15) is 4.79 Å². The Hall–Kier alpha value is -1.84. The second-order valence-electron chi connectivity index (χ2n) is 5.74. The minimum absolute atomic E-state index is 0.154. The lowest BCUT2D eigenvalue weighted by molar-refractivity contribution is -0.113. The van der Waals surface area contributed by atoms with Crippen molar-refractivity contribution in [3.05, 3.63) is 47.7 Å². The van der Waals surface area contributed by atoms with E-state index in [0.717, 1.165) is 14.4 Å². The number of rotatable bonds is 8. The zero-order valence-corrected chi connectivity index (χ0v) is 16.8. The van der Waals surface area contributed by atoms with Crippen LogP contribution in [0.2, 0.25) is 0 Å². The Morgan fingerprint density at radius 3 is 2.54 bits per heavy atom. The van der Waals surface area contributed by atoms with Crippen LogP contribution in [0.3, 0.4) is 0 Å². The minimum atomic E-state index is -0.154. The highest BCUT2D eigenvalue weighted by Gasteiger charge is 2.10. The molecule has 1 aromatic carbocycles. The van der Waals surface area contributed by atoms with Crippen LogP contribution < -0.4 is 5.32 Å². The number of hydrogen-bond acceptors (Lipinski definition) is 8. The number of amides is 1. The molecule has 0 saturated carbocycles. The molecule has 3 rings (SSSR count).